The number of amides is 1. The number of aryl methyl sites for hydroxylation is 1. The number of rotatable bonds is 1. The first-order valence-corrected chi connectivity index (χ1v) is 5.21. The average Bonchev–Trinajstić information content (AvgIpc) is 2.14. The van der Waals surface area contributed by atoms with Gasteiger partial charge in [0.1, 0.15) is 5.60 Å². The van der Waals surface area contributed by atoms with Crippen molar-refractivity contribution < 1.29 is 9.53 Å². The second-order valence-corrected chi connectivity index (χ2v) is 4.60. The van der Waals surface area contributed by atoms with Gasteiger partial charge in [-0.15, -0.1) is 0 Å². The first kappa shape index (κ1) is 12.4. The molecular formula is C13H17NO2. The van der Waals surface area contributed by atoms with Crippen LogP contribution in [0.2, 0.25) is 0 Å². The average molecular weight is 219 g/mol. The summed E-state index contributed by atoms with van der Waals surface area (Å²) in [4.78, 5) is 15.1. The van der Waals surface area contributed by atoms with Gasteiger partial charge >= 0.3 is 6.09 Å². The van der Waals surface area contributed by atoms with Gasteiger partial charge in [0.2, 0.25) is 0 Å². The topological polar surface area (TPSA) is 38.7 Å². The van der Waals surface area contributed by atoms with Crippen LogP contribution in [0, 0.1) is 6.92 Å². The molecule has 3 nitrogen and oxygen atoms in total. The minimum absolute atomic E-state index is 0.500. The Morgan fingerprint density at radius 1 is 1.31 bits per heavy atom. The van der Waals surface area contributed by atoms with Crippen molar-refractivity contribution in [1.82, 2.24) is 0 Å². The fourth-order valence-electron chi connectivity index (χ4n) is 1.14. The lowest BCUT2D eigenvalue weighted by atomic mass is 10.1. The molecule has 0 bridgehead atoms. The van der Waals surface area contributed by atoms with Crippen molar-refractivity contribution in [1.29, 1.82) is 0 Å². The van der Waals surface area contributed by atoms with Crippen LogP contribution in [0.15, 0.2) is 29.3 Å². The number of carbonyl (C=O) groups excluding carboxylic acids is 1. The Hall–Kier alpha value is -1.64. The number of benzene rings is 1. The highest BCUT2D eigenvalue weighted by Crippen LogP contribution is 2.08. The SMILES string of the molecule is Cc1ccccc1C=NC(=O)OC(C)(C)C. The minimum atomic E-state index is -0.559. The van der Waals surface area contributed by atoms with E-state index in [1.807, 2.05) is 52.0 Å². The largest absolute Gasteiger partial charge is 0.442 e. The minimum Gasteiger partial charge on any atom is -0.442 e. The number of ether oxygens (including phenoxy) is 1. The van der Waals surface area contributed by atoms with Crippen molar-refractivity contribution in [2.24, 2.45) is 4.99 Å². The Kier molecular flexibility index (Phi) is 3.82. The third-order valence-corrected chi connectivity index (χ3v) is 1.89. The summed E-state index contributed by atoms with van der Waals surface area (Å²) in [6, 6.07) is 7.73. The molecule has 0 fully saturated rings. The van der Waals surface area contributed by atoms with E-state index in [2.05, 4.69) is 4.99 Å². The highest BCUT2D eigenvalue weighted by atomic mass is 16.6. The van der Waals surface area contributed by atoms with E-state index in [-0.39, 0.29) is 0 Å². The molecule has 86 valence electrons. The lowest BCUT2D eigenvalue weighted by molar-refractivity contribution is 0.0605. The summed E-state index contributed by atoms with van der Waals surface area (Å²) in [7, 11) is 0. The Labute approximate surface area is 96.2 Å². The van der Waals surface area contributed by atoms with Crippen LogP contribution in [0.5, 0.6) is 0 Å². The van der Waals surface area contributed by atoms with Crippen LogP contribution in [0.3, 0.4) is 0 Å². The number of hydrogen-bond acceptors (Lipinski definition) is 2. The summed E-state index contributed by atoms with van der Waals surface area (Å²) in [5, 5.41) is 0. The third kappa shape index (κ3) is 4.26. The molecule has 1 rings (SSSR count). The molecule has 0 spiro atoms. The van der Waals surface area contributed by atoms with Gasteiger partial charge in [-0.1, -0.05) is 24.3 Å². The van der Waals surface area contributed by atoms with E-state index in [1.165, 1.54) is 6.21 Å². The van der Waals surface area contributed by atoms with Crippen LogP contribution >= 0.6 is 0 Å². The highest BCUT2D eigenvalue weighted by molar-refractivity contribution is 5.90. The van der Waals surface area contributed by atoms with Crippen LogP contribution in [0.4, 0.5) is 4.79 Å². The Morgan fingerprint density at radius 3 is 2.50 bits per heavy atom. The maximum absolute atomic E-state index is 11.3. The number of hydrogen-bond donors (Lipinski definition) is 0. The quantitative estimate of drug-likeness (QED) is 0.679. The second-order valence-electron chi connectivity index (χ2n) is 4.60. The van der Waals surface area contributed by atoms with Crippen molar-refractivity contribution in [3.05, 3.63) is 35.4 Å². The highest BCUT2D eigenvalue weighted by Gasteiger charge is 2.14. The monoisotopic (exact) mass is 219 g/mol. The first-order chi connectivity index (χ1) is 7.38. The molecule has 1 aromatic rings. The summed E-state index contributed by atoms with van der Waals surface area (Å²) < 4.78 is 5.06. The molecule has 0 aliphatic carbocycles. The Bertz CT molecular complexity index is 403. The molecule has 1 aromatic carbocycles. The van der Waals surface area contributed by atoms with Crippen molar-refractivity contribution in [3.8, 4) is 0 Å². The van der Waals surface area contributed by atoms with E-state index in [9.17, 15) is 4.79 Å². The van der Waals surface area contributed by atoms with E-state index in [1.54, 1.807) is 0 Å². The van der Waals surface area contributed by atoms with Gasteiger partial charge in [-0.25, -0.2) is 4.79 Å². The molecule has 0 aliphatic heterocycles. The predicted molar refractivity (Wildman–Crippen MR) is 65.0 cm³/mol. The fourth-order valence-corrected chi connectivity index (χ4v) is 1.14. The van der Waals surface area contributed by atoms with Crippen molar-refractivity contribution in [2.45, 2.75) is 33.3 Å². The maximum Gasteiger partial charge on any atom is 0.434 e. The van der Waals surface area contributed by atoms with Crippen molar-refractivity contribution in [2.75, 3.05) is 0 Å². The molecule has 1 amide bonds. The van der Waals surface area contributed by atoms with Gasteiger partial charge in [0.05, 0.1) is 0 Å². The van der Waals surface area contributed by atoms with E-state index in [0.717, 1.165) is 11.1 Å². The third-order valence-electron chi connectivity index (χ3n) is 1.89. The Morgan fingerprint density at radius 2 is 1.94 bits per heavy atom. The molecule has 0 radical (unpaired) electrons. The predicted octanol–water partition coefficient (Wildman–Crippen LogP) is 3.35. The zero-order chi connectivity index (χ0) is 12.2. The van der Waals surface area contributed by atoms with Gasteiger partial charge in [-0.05, 0) is 38.8 Å². The second kappa shape index (κ2) is 4.92. The van der Waals surface area contributed by atoms with Gasteiger partial charge in [-0.3, -0.25) is 0 Å². The zero-order valence-corrected chi connectivity index (χ0v) is 10.2. The Balaban J connectivity index is 2.68. The maximum atomic E-state index is 11.3. The first-order valence-electron chi connectivity index (χ1n) is 5.21. The summed E-state index contributed by atoms with van der Waals surface area (Å²) in [6.45, 7) is 7.41. The van der Waals surface area contributed by atoms with Crippen LogP contribution in [-0.4, -0.2) is 17.9 Å². The van der Waals surface area contributed by atoms with Crippen molar-refractivity contribution >= 4 is 12.3 Å². The summed E-state index contributed by atoms with van der Waals surface area (Å²) in [6.07, 6.45) is 0.972. The van der Waals surface area contributed by atoms with E-state index in [0.29, 0.717) is 0 Å². The van der Waals surface area contributed by atoms with Crippen LogP contribution in [0.25, 0.3) is 0 Å². The number of nitrogens with zero attached hydrogens (tertiary/aromatic N) is 1. The van der Waals surface area contributed by atoms with Gasteiger partial charge < -0.3 is 4.74 Å². The molecule has 0 saturated carbocycles. The summed E-state index contributed by atoms with van der Waals surface area (Å²) in [5.74, 6) is 0. The zero-order valence-electron chi connectivity index (χ0n) is 10.2. The van der Waals surface area contributed by atoms with Gasteiger partial charge in [0.25, 0.3) is 0 Å². The number of aliphatic imine (C=N–C) groups is 1. The molecule has 0 unspecified atom stereocenters. The normalized spacial score (nSPS) is 11.8. The van der Waals surface area contributed by atoms with Gasteiger partial charge in [0.15, 0.2) is 0 Å². The van der Waals surface area contributed by atoms with Gasteiger partial charge in [0, 0.05) is 6.21 Å². The summed E-state index contributed by atoms with van der Waals surface area (Å²) in [5.41, 5.74) is 1.50. The number of carbonyl (C=O) groups is 1. The lowest BCUT2D eigenvalue weighted by Crippen LogP contribution is -2.21. The molecular weight excluding hydrogens is 202 g/mol. The molecule has 0 saturated heterocycles. The standard InChI is InChI=1S/C13H17NO2/c1-10-7-5-6-8-11(10)9-14-12(15)16-13(2,3)4/h5-9H,1-4H3. The fraction of sp³-hybridized carbons (Fsp3) is 0.385. The van der Waals surface area contributed by atoms with Crippen LogP contribution in [0.1, 0.15) is 31.9 Å². The summed E-state index contributed by atoms with van der Waals surface area (Å²) >= 11 is 0. The smallest absolute Gasteiger partial charge is 0.434 e. The van der Waals surface area contributed by atoms with Gasteiger partial charge in [-0.2, -0.15) is 4.99 Å². The van der Waals surface area contributed by atoms with Crippen LogP contribution < -0.4 is 0 Å². The molecule has 0 heterocycles. The molecule has 0 atom stereocenters. The lowest BCUT2D eigenvalue weighted by Gasteiger charge is -2.17. The molecule has 0 aromatic heterocycles. The molecule has 0 aliphatic rings. The van der Waals surface area contributed by atoms with Crippen molar-refractivity contribution in [3.63, 3.8) is 0 Å². The molecule has 0 N–H and O–H groups in total. The van der Waals surface area contributed by atoms with E-state index in [4.69, 9.17) is 4.74 Å². The van der Waals surface area contributed by atoms with E-state index < -0.39 is 11.7 Å². The molecule has 3 heteroatoms. The van der Waals surface area contributed by atoms with Crippen LogP contribution in [-0.2, 0) is 4.74 Å². The molecule has 16 heavy (non-hydrogen) atoms. The van der Waals surface area contributed by atoms with E-state index >= 15 is 0 Å².